The molecule has 0 spiro atoms. The van der Waals surface area contributed by atoms with Crippen molar-refractivity contribution in [3.8, 4) is 0 Å². The highest BCUT2D eigenvalue weighted by atomic mass is 32.2. The van der Waals surface area contributed by atoms with Crippen molar-refractivity contribution >= 4 is 17.4 Å². The molecule has 0 fully saturated rings. The number of anilines is 1. The Hall–Kier alpha value is -2.66. The SMILES string of the molecule is FC(F)(F)c1ccccc1[C@@H]1Nc2ccc(CSc3ccccc3)cc2[C@H]2C=CC[C@H]21. The highest BCUT2D eigenvalue weighted by Crippen LogP contribution is 2.51. The average Bonchev–Trinajstić information content (AvgIpc) is 3.28. The summed E-state index contributed by atoms with van der Waals surface area (Å²) < 4.78 is 41.0. The Labute approximate surface area is 184 Å². The monoisotopic (exact) mass is 437 g/mol. The van der Waals surface area contributed by atoms with Gasteiger partial charge in [-0.05, 0) is 53.3 Å². The van der Waals surface area contributed by atoms with E-state index < -0.39 is 11.7 Å². The summed E-state index contributed by atoms with van der Waals surface area (Å²) in [5, 5.41) is 3.45. The molecule has 1 N–H and O–H groups in total. The lowest BCUT2D eigenvalue weighted by atomic mass is 9.76. The Bertz CT molecular complexity index is 1110. The summed E-state index contributed by atoms with van der Waals surface area (Å²) in [7, 11) is 0. The van der Waals surface area contributed by atoms with Crippen LogP contribution in [0.3, 0.4) is 0 Å². The van der Waals surface area contributed by atoms with E-state index in [0.717, 1.165) is 17.9 Å². The van der Waals surface area contributed by atoms with Gasteiger partial charge in [-0.25, -0.2) is 0 Å². The lowest BCUT2D eigenvalue weighted by molar-refractivity contribution is -0.138. The Morgan fingerprint density at radius 2 is 1.68 bits per heavy atom. The van der Waals surface area contributed by atoms with E-state index >= 15 is 0 Å². The molecule has 1 aliphatic heterocycles. The van der Waals surface area contributed by atoms with E-state index in [1.807, 2.05) is 24.3 Å². The number of thioether (sulfide) groups is 1. The van der Waals surface area contributed by atoms with Gasteiger partial charge in [-0.1, -0.05) is 60.7 Å². The van der Waals surface area contributed by atoms with Gasteiger partial charge in [0.05, 0.1) is 11.6 Å². The minimum absolute atomic E-state index is 0.0769. The Morgan fingerprint density at radius 1 is 0.903 bits per heavy atom. The molecule has 0 saturated carbocycles. The van der Waals surface area contributed by atoms with Crippen molar-refractivity contribution in [3.63, 3.8) is 0 Å². The lowest BCUT2D eigenvalue weighted by Crippen LogP contribution is -2.30. The first-order valence-electron chi connectivity index (χ1n) is 10.4. The largest absolute Gasteiger partial charge is 0.416 e. The van der Waals surface area contributed by atoms with Gasteiger partial charge in [0.2, 0.25) is 0 Å². The van der Waals surface area contributed by atoms with Crippen LogP contribution in [-0.4, -0.2) is 0 Å². The Balaban J connectivity index is 1.45. The highest BCUT2D eigenvalue weighted by Gasteiger charge is 2.42. The number of fused-ring (bicyclic) bond motifs is 3. The van der Waals surface area contributed by atoms with Gasteiger partial charge in [0.1, 0.15) is 0 Å². The topological polar surface area (TPSA) is 12.0 Å². The second kappa shape index (κ2) is 8.12. The van der Waals surface area contributed by atoms with Gasteiger partial charge in [0, 0.05) is 22.3 Å². The molecule has 0 bridgehead atoms. The maximum atomic E-state index is 13.7. The molecule has 1 heterocycles. The fourth-order valence-electron chi connectivity index (χ4n) is 4.75. The number of benzene rings is 3. The summed E-state index contributed by atoms with van der Waals surface area (Å²) in [6.07, 6.45) is 0.692. The first-order valence-corrected chi connectivity index (χ1v) is 11.4. The lowest BCUT2D eigenvalue weighted by Gasteiger charge is -2.38. The molecule has 3 atom stereocenters. The molecule has 0 aromatic heterocycles. The number of allylic oxidation sites excluding steroid dienone is 2. The summed E-state index contributed by atoms with van der Waals surface area (Å²) in [4.78, 5) is 1.22. The molecule has 1 nitrogen and oxygen atoms in total. The molecule has 0 unspecified atom stereocenters. The predicted molar refractivity (Wildman–Crippen MR) is 120 cm³/mol. The zero-order valence-corrected chi connectivity index (χ0v) is 17.6. The second-order valence-corrected chi connectivity index (χ2v) is 9.13. The van der Waals surface area contributed by atoms with Crippen molar-refractivity contribution in [2.24, 2.45) is 5.92 Å². The van der Waals surface area contributed by atoms with Gasteiger partial charge < -0.3 is 5.32 Å². The molecule has 158 valence electrons. The average molecular weight is 438 g/mol. The van der Waals surface area contributed by atoms with Crippen LogP contribution in [0.4, 0.5) is 18.9 Å². The van der Waals surface area contributed by atoms with E-state index in [4.69, 9.17) is 0 Å². The zero-order valence-electron chi connectivity index (χ0n) is 16.8. The number of rotatable bonds is 4. The number of alkyl halides is 3. The third-order valence-corrected chi connectivity index (χ3v) is 7.26. The molecule has 3 aromatic carbocycles. The summed E-state index contributed by atoms with van der Waals surface area (Å²) in [6.45, 7) is 0. The Kier molecular flexibility index (Phi) is 5.30. The van der Waals surface area contributed by atoms with E-state index in [-0.39, 0.29) is 17.9 Å². The van der Waals surface area contributed by atoms with Crippen LogP contribution in [0.5, 0.6) is 0 Å². The van der Waals surface area contributed by atoms with Crippen LogP contribution in [-0.2, 0) is 11.9 Å². The highest BCUT2D eigenvalue weighted by molar-refractivity contribution is 7.98. The summed E-state index contributed by atoms with van der Waals surface area (Å²) >= 11 is 1.79. The number of halogens is 3. The van der Waals surface area contributed by atoms with E-state index in [9.17, 15) is 13.2 Å². The summed E-state index contributed by atoms with van der Waals surface area (Å²) in [6, 6.07) is 22.2. The molecule has 1 aliphatic carbocycles. The third-order valence-electron chi connectivity index (χ3n) is 6.18. The molecule has 0 radical (unpaired) electrons. The molecule has 0 saturated heterocycles. The molecular formula is C26H22F3NS. The van der Waals surface area contributed by atoms with Gasteiger partial charge >= 0.3 is 6.18 Å². The molecule has 0 amide bonds. The van der Waals surface area contributed by atoms with Crippen molar-refractivity contribution in [3.05, 3.63) is 107 Å². The van der Waals surface area contributed by atoms with E-state index in [0.29, 0.717) is 5.56 Å². The van der Waals surface area contributed by atoms with Crippen LogP contribution in [0.25, 0.3) is 0 Å². The van der Waals surface area contributed by atoms with Gasteiger partial charge in [-0.15, -0.1) is 11.8 Å². The third kappa shape index (κ3) is 3.99. The maximum Gasteiger partial charge on any atom is 0.416 e. The van der Waals surface area contributed by atoms with Crippen LogP contribution >= 0.6 is 11.8 Å². The predicted octanol–water partition coefficient (Wildman–Crippen LogP) is 7.82. The maximum absolute atomic E-state index is 13.7. The van der Waals surface area contributed by atoms with Crippen molar-refractivity contribution in [2.75, 3.05) is 5.32 Å². The van der Waals surface area contributed by atoms with Crippen molar-refractivity contribution < 1.29 is 13.2 Å². The standard InChI is InChI=1S/C26H22F3NS/c27-26(28,29)23-12-5-4-9-21(23)25-20-11-6-10-19(20)22-15-17(13-14-24(22)30-25)16-31-18-7-2-1-3-8-18/h1-10,12-15,19-20,25,30H,11,16H2/t19-,20+,25+/m0/s1. The first-order chi connectivity index (χ1) is 15.0. The van der Waals surface area contributed by atoms with Gasteiger partial charge in [-0.2, -0.15) is 13.2 Å². The van der Waals surface area contributed by atoms with Crippen LogP contribution < -0.4 is 5.32 Å². The smallest absolute Gasteiger partial charge is 0.378 e. The normalized spacial score (nSPS) is 22.0. The van der Waals surface area contributed by atoms with Crippen molar-refractivity contribution in [1.82, 2.24) is 0 Å². The molecule has 5 rings (SSSR count). The first kappa shape index (κ1) is 20.3. The number of nitrogens with one attached hydrogen (secondary N) is 1. The second-order valence-electron chi connectivity index (χ2n) is 8.08. The number of hydrogen-bond donors (Lipinski definition) is 1. The van der Waals surface area contributed by atoms with Gasteiger partial charge in [0.25, 0.3) is 0 Å². The molecule has 31 heavy (non-hydrogen) atoms. The van der Waals surface area contributed by atoms with E-state index in [1.165, 1.54) is 28.2 Å². The van der Waals surface area contributed by atoms with Gasteiger partial charge in [0.15, 0.2) is 0 Å². The van der Waals surface area contributed by atoms with Crippen LogP contribution in [0, 0.1) is 5.92 Å². The summed E-state index contributed by atoms with van der Waals surface area (Å²) in [5.74, 6) is 1.07. The van der Waals surface area contributed by atoms with Crippen molar-refractivity contribution in [2.45, 2.75) is 35.2 Å². The fraction of sp³-hybridized carbons (Fsp3) is 0.231. The molecule has 2 aliphatic rings. The van der Waals surface area contributed by atoms with E-state index in [1.54, 1.807) is 23.9 Å². The fourth-order valence-corrected chi connectivity index (χ4v) is 5.61. The van der Waals surface area contributed by atoms with E-state index in [2.05, 4.69) is 41.7 Å². The molecular weight excluding hydrogens is 415 g/mol. The Morgan fingerprint density at radius 3 is 2.48 bits per heavy atom. The molecule has 3 aromatic rings. The van der Waals surface area contributed by atoms with Crippen LogP contribution in [0.15, 0.2) is 89.8 Å². The van der Waals surface area contributed by atoms with Crippen molar-refractivity contribution in [1.29, 1.82) is 0 Å². The minimum Gasteiger partial charge on any atom is -0.378 e. The molecule has 5 heteroatoms. The van der Waals surface area contributed by atoms with Gasteiger partial charge in [-0.3, -0.25) is 0 Å². The number of hydrogen-bond acceptors (Lipinski definition) is 2. The van der Waals surface area contributed by atoms with Crippen LogP contribution in [0.1, 0.15) is 40.6 Å². The minimum atomic E-state index is -4.36. The zero-order chi connectivity index (χ0) is 21.4. The summed E-state index contributed by atoms with van der Waals surface area (Å²) in [5.41, 5.74) is 3.14. The quantitative estimate of drug-likeness (QED) is 0.330. The van der Waals surface area contributed by atoms with Crippen LogP contribution in [0.2, 0.25) is 0 Å².